The molecule has 2 unspecified atom stereocenters. The molecule has 1 saturated carbocycles. The number of rotatable bonds is 0. The number of fused-ring (bicyclic) bond motifs is 4. The third kappa shape index (κ3) is 1.04. The van der Waals surface area contributed by atoms with E-state index in [1.54, 1.807) is 0 Å². The Morgan fingerprint density at radius 1 is 1.27 bits per heavy atom. The summed E-state index contributed by atoms with van der Waals surface area (Å²) < 4.78 is 4.90. The minimum absolute atomic E-state index is 0.0868. The third-order valence-corrected chi connectivity index (χ3v) is 2.49. The molecule has 2 saturated heterocycles. The van der Waals surface area contributed by atoms with E-state index in [0.717, 1.165) is 6.42 Å². The molecule has 0 N–H and O–H groups in total. The number of hydrogen-bond acceptors (Lipinski definition) is 3. The molecule has 3 nitrogen and oxygen atoms in total. The standard InChI is InChI=1S/C8H10O3/c9-7-3-5-1-2-6(7)8(10)11-4-5/h5-6H,1-4H2. The van der Waals surface area contributed by atoms with Crippen LogP contribution >= 0.6 is 0 Å². The molecule has 0 amide bonds. The predicted molar refractivity (Wildman–Crippen MR) is 36.8 cm³/mol. The van der Waals surface area contributed by atoms with Crippen molar-refractivity contribution < 1.29 is 14.3 Å². The second kappa shape index (κ2) is 2.32. The molecule has 0 aromatic carbocycles. The molecule has 2 atom stereocenters. The Hall–Kier alpha value is -0.860. The zero-order chi connectivity index (χ0) is 7.84. The fraction of sp³-hybridized carbons (Fsp3) is 0.750. The molecule has 11 heavy (non-hydrogen) atoms. The highest BCUT2D eigenvalue weighted by Crippen LogP contribution is 2.30. The van der Waals surface area contributed by atoms with Gasteiger partial charge in [-0.2, -0.15) is 0 Å². The summed E-state index contributed by atoms with van der Waals surface area (Å²) in [6.07, 6.45) is 2.24. The minimum Gasteiger partial charge on any atom is -0.465 e. The SMILES string of the molecule is O=C1CC2CCC1C(=O)OC2. The van der Waals surface area contributed by atoms with Crippen molar-refractivity contribution in [1.29, 1.82) is 0 Å². The molecule has 0 radical (unpaired) electrons. The number of carbonyl (C=O) groups excluding carboxylic acids is 2. The van der Waals surface area contributed by atoms with Gasteiger partial charge < -0.3 is 4.74 Å². The van der Waals surface area contributed by atoms with Crippen LogP contribution in [0.4, 0.5) is 0 Å². The fourth-order valence-corrected chi connectivity index (χ4v) is 1.78. The Balaban J connectivity index is 2.26. The van der Waals surface area contributed by atoms with Gasteiger partial charge in [-0.15, -0.1) is 0 Å². The maximum atomic E-state index is 11.2. The van der Waals surface area contributed by atoms with Crippen molar-refractivity contribution in [2.45, 2.75) is 19.3 Å². The summed E-state index contributed by atoms with van der Waals surface area (Å²) in [7, 11) is 0. The first-order valence-corrected chi connectivity index (χ1v) is 3.96. The van der Waals surface area contributed by atoms with Crippen LogP contribution in [0.15, 0.2) is 0 Å². The molecule has 2 aliphatic heterocycles. The van der Waals surface area contributed by atoms with Crippen LogP contribution in [0.3, 0.4) is 0 Å². The van der Waals surface area contributed by atoms with E-state index in [1.165, 1.54) is 0 Å². The second-order valence-electron chi connectivity index (χ2n) is 3.30. The van der Waals surface area contributed by atoms with Crippen LogP contribution in [0.2, 0.25) is 0 Å². The van der Waals surface area contributed by atoms with Crippen LogP contribution in [0.1, 0.15) is 19.3 Å². The molecule has 1 aliphatic carbocycles. The molecule has 0 aromatic rings. The quantitative estimate of drug-likeness (QED) is 0.377. The van der Waals surface area contributed by atoms with Crippen LogP contribution in [0, 0.1) is 11.8 Å². The van der Waals surface area contributed by atoms with Gasteiger partial charge >= 0.3 is 5.97 Å². The molecule has 2 bridgehead atoms. The summed E-state index contributed by atoms with van der Waals surface area (Å²) in [5.74, 6) is -0.322. The second-order valence-corrected chi connectivity index (χ2v) is 3.30. The summed E-state index contributed by atoms with van der Waals surface area (Å²) in [6.45, 7) is 0.459. The van der Waals surface area contributed by atoms with Crippen LogP contribution < -0.4 is 0 Å². The Bertz CT molecular complexity index is 201. The first-order chi connectivity index (χ1) is 5.27. The summed E-state index contributed by atoms with van der Waals surface area (Å²) in [5, 5.41) is 0. The number of esters is 1. The van der Waals surface area contributed by atoms with Gasteiger partial charge in [0.05, 0.1) is 6.61 Å². The predicted octanol–water partition coefficient (Wildman–Crippen LogP) is 0.529. The van der Waals surface area contributed by atoms with E-state index >= 15 is 0 Å². The van der Waals surface area contributed by atoms with Gasteiger partial charge in [-0.1, -0.05) is 0 Å². The zero-order valence-electron chi connectivity index (χ0n) is 6.21. The van der Waals surface area contributed by atoms with E-state index in [2.05, 4.69) is 0 Å². The number of ether oxygens (including phenoxy) is 1. The molecule has 2 heterocycles. The monoisotopic (exact) mass is 154 g/mol. The van der Waals surface area contributed by atoms with Gasteiger partial charge in [0.1, 0.15) is 11.7 Å². The number of Topliss-reactive ketones (excluding diaryl/α,β-unsaturated/α-hetero) is 1. The average molecular weight is 154 g/mol. The summed E-state index contributed by atoms with van der Waals surface area (Å²) in [4.78, 5) is 22.2. The van der Waals surface area contributed by atoms with Gasteiger partial charge in [0.25, 0.3) is 0 Å². The van der Waals surface area contributed by atoms with Gasteiger partial charge in [0.2, 0.25) is 0 Å². The lowest BCUT2D eigenvalue weighted by molar-refractivity contribution is -0.149. The van der Waals surface area contributed by atoms with Crippen molar-refractivity contribution in [2.24, 2.45) is 11.8 Å². The number of ketones is 1. The smallest absolute Gasteiger partial charge is 0.316 e. The number of hydrogen-bond donors (Lipinski definition) is 0. The van der Waals surface area contributed by atoms with Gasteiger partial charge in [-0.25, -0.2) is 0 Å². The van der Waals surface area contributed by atoms with E-state index in [4.69, 9.17) is 4.74 Å². The summed E-state index contributed by atoms with van der Waals surface area (Å²) in [5.41, 5.74) is 0. The molecule has 3 rings (SSSR count). The van der Waals surface area contributed by atoms with Gasteiger partial charge in [-0.05, 0) is 12.8 Å². The van der Waals surface area contributed by atoms with E-state index < -0.39 is 5.92 Å². The molecule has 60 valence electrons. The summed E-state index contributed by atoms with van der Waals surface area (Å²) >= 11 is 0. The largest absolute Gasteiger partial charge is 0.465 e. The minimum atomic E-state index is -0.422. The van der Waals surface area contributed by atoms with Gasteiger partial charge in [0, 0.05) is 12.3 Å². The highest BCUT2D eigenvalue weighted by Gasteiger charge is 2.38. The lowest BCUT2D eigenvalue weighted by atomic mass is 9.83. The van der Waals surface area contributed by atoms with Crippen LogP contribution in [0.5, 0.6) is 0 Å². The normalized spacial score (nSPS) is 36.7. The first kappa shape index (κ1) is 6.83. The van der Waals surface area contributed by atoms with Crippen LogP contribution in [0.25, 0.3) is 0 Å². The van der Waals surface area contributed by atoms with Crippen LogP contribution in [-0.2, 0) is 14.3 Å². The molecular weight excluding hydrogens is 144 g/mol. The lowest BCUT2D eigenvalue weighted by Crippen LogP contribution is -2.26. The van der Waals surface area contributed by atoms with Gasteiger partial charge in [-0.3, -0.25) is 9.59 Å². The van der Waals surface area contributed by atoms with E-state index in [-0.39, 0.29) is 11.8 Å². The maximum Gasteiger partial charge on any atom is 0.316 e. The Kier molecular flexibility index (Phi) is 1.44. The van der Waals surface area contributed by atoms with Crippen molar-refractivity contribution in [1.82, 2.24) is 0 Å². The fourth-order valence-electron chi connectivity index (χ4n) is 1.78. The third-order valence-electron chi connectivity index (χ3n) is 2.49. The average Bonchev–Trinajstić information content (AvgIpc) is 2.21. The topological polar surface area (TPSA) is 43.4 Å². The van der Waals surface area contributed by atoms with E-state index in [9.17, 15) is 9.59 Å². The number of carbonyl (C=O) groups is 2. The Labute approximate surface area is 64.7 Å². The van der Waals surface area contributed by atoms with E-state index in [1.807, 2.05) is 0 Å². The van der Waals surface area contributed by atoms with Crippen molar-refractivity contribution in [3.63, 3.8) is 0 Å². The molecule has 0 spiro atoms. The highest BCUT2D eigenvalue weighted by atomic mass is 16.5. The molecule has 3 aliphatic rings. The Morgan fingerprint density at radius 3 is 2.82 bits per heavy atom. The van der Waals surface area contributed by atoms with E-state index in [0.29, 0.717) is 25.4 Å². The summed E-state index contributed by atoms with van der Waals surface area (Å²) in [6, 6.07) is 0. The van der Waals surface area contributed by atoms with Crippen molar-refractivity contribution in [3.8, 4) is 0 Å². The molecular formula is C8H10O3. The molecule has 0 aromatic heterocycles. The molecule has 3 heteroatoms. The highest BCUT2D eigenvalue weighted by molar-refractivity contribution is 6.00. The van der Waals surface area contributed by atoms with Crippen molar-refractivity contribution in [2.75, 3.05) is 6.61 Å². The lowest BCUT2D eigenvalue weighted by Gasteiger charge is -2.17. The van der Waals surface area contributed by atoms with Crippen molar-refractivity contribution in [3.05, 3.63) is 0 Å². The Morgan fingerprint density at radius 2 is 2.09 bits per heavy atom. The molecule has 3 fully saturated rings. The first-order valence-electron chi connectivity index (χ1n) is 3.96. The van der Waals surface area contributed by atoms with Gasteiger partial charge in [0.15, 0.2) is 0 Å². The van der Waals surface area contributed by atoms with Crippen LogP contribution in [-0.4, -0.2) is 18.4 Å². The zero-order valence-corrected chi connectivity index (χ0v) is 6.21. The maximum absolute atomic E-state index is 11.2. The van der Waals surface area contributed by atoms with Crippen molar-refractivity contribution >= 4 is 11.8 Å².